The van der Waals surface area contributed by atoms with Gasteiger partial charge in [-0.25, -0.2) is 0 Å². The third kappa shape index (κ3) is 3.22. The summed E-state index contributed by atoms with van der Waals surface area (Å²) in [5, 5.41) is 16.4. The molecule has 0 aromatic heterocycles. The maximum atomic E-state index is 9.82. The fourth-order valence-corrected chi connectivity index (χ4v) is 2.31. The van der Waals surface area contributed by atoms with Crippen molar-refractivity contribution in [2.24, 2.45) is 0 Å². The van der Waals surface area contributed by atoms with Gasteiger partial charge in [-0.15, -0.1) is 0 Å². The average molecular weight is 250 g/mol. The molecule has 4 heteroatoms. The number of aliphatic hydroxyl groups excluding tert-OH is 1. The van der Waals surface area contributed by atoms with Crippen molar-refractivity contribution in [2.75, 3.05) is 25.6 Å². The first-order valence-electron chi connectivity index (χ1n) is 6.47. The van der Waals surface area contributed by atoms with Gasteiger partial charge in [-0.3, -0.25) is 0 Å². The number of anilines is 1. The highest BCUT2D eigenvalue weighted by Gasteiger charge is 2.23. The predicted molar refractivity (Wildman–Crippen MR) is 72.8 cm³/mol. The van der Waals surface area contributed by atoms with Gasteiger partial charge < -0.3 is 20.5 Å². The summed E-state index contributed by atoms with van der Waals surface area (Å²) in [5.74, 6) is 0. The zero-order valence-corrected chi connectivity index (χ0v) is 11.1. The third-order valence-electron chi connectivity index (χ3n) is 3.41. The molecule has 1 saturated heterocycles. The molecule has 0 radical (unpaired) electrons. The van der Waals surface area contributed by atoms with Gasteiger partial charge in [0.15, 0.2) is 0 Å². The lowest BCUT2D eigenvalue weighted by Gasteiger charge is -2.29. The van der Waals surface area contributed by atoms with E-state index in [0.717, 1.165) is 25.3 Å². The van der Waals surface area contributed by atoms with E-state index >= 15 is 0 Å². The van der Waals surface area contributed by atoms with Gasteiger partial charge >= 0.3 is 0 Å². The van der Waals surface area contributed by atoms with Crippen LogP contribution in [0.1, 0.15) is 17.5 Å². The molecular formula is C14H22N2O2. The van der Waals surface area contributed by atoms with Crippen molar-refractivity contribution in [1.82, 2.24) is 5.32 Å². The van der Waals surface area contributed by atoms with Crippen LogP contribution in [0.5, 0.6) is 0 Å². The highest BCUT2D eigenvalue weighted by atomic mass is 16.5. The summed E-state index contributed by atoms with van der Waals surface area (Å²) >= 11 is 0. The predicted octanol–water partition coefficient (Wildman–Crippen LogP) is 1.28. The van der Waals surface area contributed by atoms with E-state index in [9.17, 15) is 5.11 Å². The van der Waals surface area contributed by atoms with Crippen LogP contribution < -0.4 is 10.6 Å². The van der Waals surface area contributed by atoms with Gasteiger partial charge in [-0.1, -0.05) is 17.7 Å². The molecule has 2 rings (SSSR count). The smallest absolute Gasteiger partial charge is 0.0927 e. The molecule has 1 heterocycles. The summed E-state index contributed by atoms with van der Waals surface area (Å²) in [7, 11) is 1.93. The minimum absolute atomic E-state index is 0.129. The first-order valence-corrected chi connectivity index (χ1v) is 6.47. The van der Waals surface area contributed by atoms with E-state index in [0.29, 0.717) is 6.61 Å². The second kappa shape index (κ2) is 6.18. The Labute approximate surface area is 108 Å². The maximum Gasteiger partial charge on any atom is 0.0927 e. The average Bonchev–Trinajstić information content (AvgIpc) is 2.38. The van der Waals surface area contributed by atoms with Gasteiger partial charge in [0.2, 0.25) is 0 Å². The molecule has 0 aliphatic carbocycles. The number of hydrogen-bond acceptors (Lipinski definition) is 4. The molecular weight excluding hydrogens is 228 g/mol. The van der Waals surface area contributed by atoms with Gasteiger partial charge in [0.1, 0.15) is 0 Å². The molecule has 100 valence electrons. The molecule has 1 aromatic rings. The summed E-state index contributed by atoms with van der Waals surface area (Å²) < 4.78 is 5.23. The van der Waals surface area contributed by atoms with E-state index in [1.54, 1.807) is 0 Å². The first kappa shape index (κ1) is 13.3. The number of benzene rings is 1. The Hall–Kier alpha value is -1.10. The number of nitrogens with one attached hydrogen (secondary N) is 2. The highest BCUT2D eigenvalue weighted by molar-refractivity contribution is 5.52. The minimum atomic E-state index is -0.401. The first-order chi connectivity index (χ1) is 8.70. The van der Waals surface area contributed by atoms with Crippen molar-refractivity contribution < 1.29 is 9.84 Å². The van der Waals surface area contributed by atoms with Crippen LogP contribution in [0.3, 0.4) is 0 Å². The van der Waals surface area contributed by atoms with E-state index in [-0.39, 0.29) is 6.04 Å². The standard InChI is InChI=1S/C14H22N2O2/c1-10-3-4-12(15-2)11(7-10)8-16-13-5-6-18-9-14(13)17/h3-4,7,13-17H,5-6,8-9H2,1-2H3/t13-,14-/m1/s1. The number of aryl methyl sites for hydroxylation is 1. The summed E-state index contributed by atoms with van der Waals surface area (Å²) in [5.41, 5.74) is 3.61. The molecule has 4 nitrogen and oxygen atoms in total. The highest BCUT2D eigenvalue weighted by Crippen LogP contribution is 2.17. The summed E-state index contributed by atoms with van der Waals surface area (Å²) in [4.78, 5) is 0. The van der Waals surface area contributed by atoms with E-state index in [1.165, 1.54) is 11.1 Å². The SMILES string of the molecule is CNc1ccc(C)cc1CN[C@@H]1CCOC[C@H]1O. The summed E-state index contributed by atoms with van der Waals surface area (Å²) in [6, 6.07) is 6.49. The molecule has 1 aliphatic heterocycles. The van der Waals surface area contributed by atoms with Crippen LogP contribution in [-0.2, 0) is 11.3 Å². The largest absolute Gasteiger partial charge is 0.389 e. The quantitative estimate of drug-likeness (QED) is 0.753. The third-order valence-corrected chi connectivity index (χ3v) is 3.41. The van der Waals surface area contributed by atoms with Gasteiger partial charge in [-0.05, 0) is 25.0 Å². The fraction of sp³-hybridized carbons (Fsp3) is 0.571. The molecule has 0 saturated carbocycles. The molecule has 3 N–H and O–H groups in total. The Morgan fingerprint density at radius 3 is 3.00 bits per heavy atom. The lowest BCUT2D eigenvalue weighted by molar-refractivity contribution is -0.0280. The Balaban J connectivity index is 1.98. The second-order valence-corrected chi connectivity index (χ2v) is 4.83. The van der Waals surface area contributed by atoms with Crippen molar-refractivity contribution in [3.63, 3.8) is 0 Å². The number of rotatable bonds is 4. The van der Waals surface area contributed by atoms with Gasteiger partial charge in [-0.2, -0.15) is 0 Å². The summed E-state index contributed by atoms with van der Waals surface area (Å²) in [6.45, 7) is 4.01. The van der Waals surface area contributed by atoms with E-state index in [1.807, 2.05) is 7.05 Å². The Bertz CT molecular complexity index is 395. The van der Waals surface area contributed by atoms with Crippen molar-refractivity contribution in [1.29, 1.82) is 0 Å². The van der Waals surface area contributed by atoms with Gasteiger partial charge in [0.05, 0.1) is 12.7 Å². The van der Waals surface area contributed by atoms with Crippen LogP contribution in [0.15, 0.2) is 18.2 Å². The number of aliphatic hydroxyl groups is 1. The van der Waals surface area contributed by atoms with E-state index < -0.39 is 6.10 Å². The lowest BCUT2D eigenvalue weighted by Crippen LogP contribution is -2.46. The lowest BCUT2D eigenvalue weighted by atomic mass is 10.0. The minimum Gasteiger partial charge on any atom is -0.389 e. The maximum absolute atomic E-state index is 9.82. The molecule has 0 spiro atoms. The van der Waals surface area contributed by atoms with Crippen molar-refractivity contribution in [2.45, 2.75) is 32.0 Å². The van der Waals surface area contributed by atoms with E-state index in [4.69, 9.17) is 4.74 Å². The number of hydrogen-bond donors (Lipinski definition) is 3. The Morgan fingerprint density at radius 1 is 1.44 bits per heavy atom. The second-order valence-electron chi connectivity index (χ2n) is 4.83. The van der Waals surface area contributed by atoms with Crippen molar-refractivity contribution in [3.8, 4) is 0 Å². The van der Waals surface area contributed by atoms with Crippen molar-refractivity contribution >= 4 is 5.69 Å². The van der Waals surface area contributed by atoms with Gasteiger partial charge in [0.25, 0.3) is 0 Å². The topological polar surface area (TPSA) is 53.5 Å². The molecule has 1 fully saturated rings. The zero-order valence-electron chi connectivity index (χ0n) is 11.1. The molecule has 0 amide bonds. The van der Waals surface area contributed by atoms with Crippen LogP contribution >= 0.6 is 0 Å². The molecule has 0 bridgehead atoms. The normalized spacial score (nSPS) is 23.9. The number of ether oxygens (including phenoxy) is 1. The van der Waals surface area contributed by atoms with Crippen LogP contribution in [0.25, 0.3) is 0 Å². The Morgan fingerprint density at radius 2 is 2.28 bits per heavy atom. The van der Waals surface area contributed by atoms with Crippen LogP contribution in [-0.4, -0.2) is 37.5 Å². The van der Waals surface area contributed by atoms with Crippen LogP contribution in [0, 0.1) is 6.92 Å². The molecule has 1 aromatic carbocycles. The Kier molecular flexibility index (Phi) is 4.58. The van der Waals surface area contributed by atoms with Gasteiger partial charge in [0, 0.05) is 31.9 Å². The molecule has 18 heavy (non-hydrogen) atoms. The van der Waals surface area contributed by atoms with Crippen molar-refractivity contribution in [3.05, 3.63) is 29.3 Å². The molecule has 0 unspecified atom stereocenters. The summed E-state index contributed by atoms with van der Waals surface area (Å²) in [6.07, 6.45) is 0.462. The monoisotopic (exact) mass is 250 g/mol. The van der Waals surface area contributed by atoms with Crippen LogP contribution in [0.2, 0.25) is 0 Å². The fourth-order valence-electron chi connectivity index (χ4n) is 2.31. The van der Waals surface area contributed by atoms with Crippen LogP contribution in [0.4, 0.5) is 5.69 Å². The molecule has 1 aliphatic rings. The molecule has 2 atom stereocenters. The van der Waals surface area contributed by atoms with E-state index in [2.05, 4.69) is 35.8 Å². The zero-order chi connectivity index (χ0) is 13.0.